The summed E-state index contributed by atoms with van der Waals surface area (Å²) in [4.78, 5) is 2.40. The summed E-state index contributed by atoms with van der Waals surface area (Å²) in [5, 5.41) is 17.6. The Bertz CT molecular complexity index is 6800. The second kappa shape index (κ2) is 18.6. The van der Waals surface area contributed by atoms with Crippen LogP contribution in [0, 0.1) is 0 Å². The molecule has 3 aliphatic rings. The van der Waals surface area contributed by atoms with E-state index < -0.39 is 0 Å². The predicted octanol–water partition coefficient (Wildman–Crippen LogP) is 25.9. The Kier molecular flexibility index (Phi) is 10.1. The van der Waals surface area contributed by atoms with Crippen LogP contribution in [0.3, 0.4) is 0 Å². The van der Waals surface area contributed by atoms with Crippen molar-refractivity contribution in [1.82, 2.24) is 4.57 Å². The van der Waals surface area contributed by atoms with Crippen LogP contribution in [0.25, 0.3) is 191 Å². The minimum absolute atomic E-state index is 0.0722. The minimum Gasteiger partial charge on any atom is -0.456 e. The SMILES string of the molecule is CC1(C)c2ccccc2-c2ccc(N(c3ccccc3)c3ccc(-n4c5cccc6c5c5c7c(ccc8sc9cccc-6c9c87)ccc54)cc3)cc21.c1cc(-c2ccc3oc4ccc5ccc6oc7cccc8c7c6c5c4c3c2-8)cc(-c2cccc3oc4ccccc4c23)c1. The standard InChI is InChI=1S/C49H32N2S.C40H20O3/c1-49(2)38-15-7-6-12-34(38)35-25-24-33(28-39(35)49)50(30-10-4-3-5-11-30)31-20-22-32(23-21-31)51-40-16-8-13-36-37-14-9-17-42-46(37)48-43(52-42)27-19-29-18-26-41(51)47(44(29)48)45(36)40;1-2-11-28-26(8-1)35-24(9-4-12-29(35)41-28)22-6-3-7-23(20-22)25-16-19-33-40-36(25)27-10-5-13-30-37(27)38-31(42-30)17-14-21-15-18-32(43-33)39(40)34(21)38/h3-28H,1-2H3;1-20H. The van der Waals surface area contributed by atoms with Crippen LogP contribution in [-0.4, -0.2) is 4.57 Å². The molecule has 0 N–H and O–H groups in total. The fraction of sp³-hybridized carbons (Fsp3) is 0.0337. The summed E-state index contributed by atoms with van der Waals surface area (Å²) in [5.74, 6) is 0. The first-order valence-corrected chi connectivity index (χ1v) is 33.5. The van der Waals surface area contributed by atoms with Gasteiger partial charge in [-0.2, -0.15) is 0 Å². The van der Waals surface area contributed by atoms with E-state index in [4.69, 9.17) is 13.3 Å². The molecule has 0 unspecified atom stereocenters. The minimum atomic E-state index is -0.0722. The molecule has 0 fully saturated rings. The Labute approximate surface area is 547 Å². The molecule has 0 saturated heterocycles. The normalized spacial score (nSPS) is 13.2. The molecule has 20 aromatic rings. The molecule has 23 rings (SSSR count). The van der Waals surface area contributed by atoms with E-state index in [0.29, 0.717) is 0 Å². The van der Waals surface area contributed by atoms with E-state index in [1.807, 2.05) is 23.5 Å². The van der Waals surface area contributed by atoms with Gasteiger partial charge in [0.25, 0.3) is 0 Å². The molecule has 0 amide bonds. The van der Waals surface area contributed by atoms with Crippen molar-refractivity contribution in [2.45, 2.75) is 19.3 Å². The Morgan fingerprint density at radius 1 is 0.305 bits per heavy atom. The zero-order chi connectivity index (χ0) is 62.1. The second-order valence-corrected chi connectivity index (χ2v) is 27.6. The Morgan fingerprint density at radius 3 is 1.69 bits per heavy atom. The van der Waals surface area contributed by atoms with Crippen LogP contribution < -0.4 is 4.90 Å². The van der Waals surface area contributed by atoms with Crippen molar-refractivity contribution in [2.75, 3.05) is 4.90 Å². The number of furan rings is 3. The Hall–Kier alpha value is -12.0. The number of fused-ring (bicyclic) bond motifs is 8. The van der Waals surface area contributed by atoms with Crippen LogP contribution in [0.4, 0.5) is 17.1 Å². The molecular formula is C89H52N2O3S. The summed E-state index contributed by atoms with van der Waals surface area (Å²) in [6.45, 7) is 4.71. The lowest BCUT2D eigenvalue weighted by atomic mass is 9.82. The van der Waals surface area contributed by atoms with Gasteiger partial charge in [-0.1, -0.05) is 178 Å². The third kappa shape index (κ3) is 6.90. The molecule has 3 aliphatic carbocycles. The Balaban J connectivity index is 0.000000125. The Morgan fingerprint density at radius 2 is 0.853 bits per heavy atom. The van der Waals surface area contributed by atoms with Gasteiger partial charge in [0.15, 0.2) is 0 Å². The van der Waals surface area contributed by atoms with E-state index >= 15 is 0 Å². The summed E-state index contributed by atoms with van der Waals surface area (Å²) in [6, 6.07) is 102. The molecule has 0 atom stereocenters. The van der Waals surface area contributed by atoms with Crippen LogP contribution in [-0.2, 0) is 5.41 Å². The van der Waals surface area contributed by atoms with E-state index in [0.717, 1.165) is 78.0 Å². The molecule has 6 heteroatoms. The first-order chi connectivity index (χ1) is 46.9. The molecule has 15 aromatic carbocycles. The highest BCUT2D eigenvalue weighted by Gasteiger charge is 2.36. The quantitative estimate of drug-likeness (QED) is 0.166. The average Bonchev–Trinajstić information content (AvgIpc) is 1.54. The van der Waals surface area contributed by atoms with Crippen molar-refractivity contribution in [2.24, 2.45) is 0 Å². The topological polar surface area (TPSA) is 47.6 Å². The maximum atomic E-state index is 6.52. The summed E-state index contributed by atoms with van der Waals surface area (Å²) in [7, 11) is 0. The molecule has 0 bridgehead atoms. The van der Waals surface area contributed by atoms with Crippen LogP contribution in [0.1, 0.15) is 25.0 Å². The number of hydrogen-bond acceptors (Lipinski definition) is 5. The average molecular weight is 1230 g/mol. The highest BCUT2D eigenvalue weighted by atomic mass is 32.1. The lowest BCUT2D eigenvalue weighted by Crippen LogP contribution is -2.16. The number of benzene rings is 15. The van der Waals surface area contributed by atoms with Gasteiger partial charge in [-0.25, -0.2) is 0 Å². The van der Waals surface area contributed by atoms with E-state index in [2.05, 4.69) is 290 Å². The molecule has 5 aromatic heterocycles. The van der Waals surface area contributed by atoms with Gasteiger partial charge in [0.1, 0.15) is 33.5 Å². The maximum Gasteiger partial charge on any atom is 0.136 e. The molecule has 95 heavy (non-hydrogen) atoms. The van der Waals surface area contributed by atoms with Crippen molar-refractivity contribution < 1.29 is 13.3 Å². The number of aromatic nitrogens is 1. The number of anilines is 3. The van der Waals surface area contributed by atoms with Gasteiger partial charge in [0, 0.05) is 108 Å². The number of thiophene rings is 1. The van der Waals surface area contributed by atoms with Gasteiger partial charge in [0.05, 0.1) is 11.0 Å². The van der Waals surface area contributed by atoms with E-state index in [1.54, 1.807) is 0 Å². The third-order valence-electron chi connectivity index (χ3n) is 21.3. The predicted molar refractivity (Wildman–Crippen MR) is 398 cm³/mol. The lowest BCUT2D eigenvalue weighted by molar-refractivity contribution is 0.660. The second-order valence-electron chi connectivity index (χ2n) is 26.5. The highest BCUT2D eigenvalue weighted by molar-refractivity contribution is 7.26. The molecule has 5 heterocycles. The molecule has 0 aliphatic heterocycles. The fourth-order valence-corrected chi connectivity index (χ4v) is 18.4. The third-order valence-corrected chi connectivity index (χ3v) is 22.4. The van der Waals surface area contributed by atoms with Crippen molar-refractivity contribution in [3.8, 4) is 61.3 Å². The molecular weight excluding hydrogens is 1180 g/mol. The first kappa shape index (κ1) is 51.6. The monoisotopic (exact) mass is 1230 g/mol. The smallest absolute Gasteiger partial charge is 0.136 e. The number of rotatable bonds is 6. The number of hydrogen-bond donors (Lipinski definition) is 0. The number of para-hydroxylation sites is 2. The summed E-state index contributed by atoms with van der Waals surface area (Å²) in [6.07, 6.45) is 0. The fourth-order valence-electron chi connectivity index (χ4n) is 17.3. The molecule has 442 valence electrons. The molecule has 0 saturated carbocycles. The van der Waals surface area contributed by atoms with Gasteiger partial charge in [-0.05, 0) is 187 Å². The molecule has 5 nitrogen and oxygen atoms in total. The van der Waals surface area contributed by atoms with Gasteiger partial charge in [-0.15, -0.1) is 11.3 Å². The van der Waals surface area contributed by atoms with Crippen LogP contribution in [0.15, 0.2) is 292 Å². The van der Waals surface area contributed by atoms with Crippen LogP contribution in [0.2, 0.25) is 0 Å². The van der Waals surface area contributed by atoms with Crippen molar-refractivity contribution >= 4 is 158 Å². The van der Waals surface area contributed by atoms with E-state index in [-0.39, 0.29) is 5.41 Å². The zero-order valence-corrected chi connectivity index (χ0v) is 52.4. The maximum absolute atomic E-state index is 6.52. The molecule has 0 spiro atoms. The summed E-state index contributed by atoms with van der Waals surface area (Å²) >= 11 is 1.91. The van der Waals surface area contributed by atoms with Gasteiger partial charge in [0.2, 0.25) is 0 Å². The van der Waals surface area contributed by atoms with Crippen molar-refractivity contribution in [3.63, 3.8) is 0 Å². The first-order valence-electron chi connectivity index (χ1n) is 32.7. The van der Waals surface area contributed by atoms with Crippen LogP contribution >= 0.6 is 11.3 Å². The van der Waals surface area contributed by atoms with Gasteiger partial charge < -0.3 is 22.7 Å². The van der Waals surface area contributed by atoms with E-state index in [9.17, 15) is 0 Å². The van der Waals surface area contributed by atoms with E-state index in [1.165, 1.54) is 141 Å². The lowest BCUT2D eigenvalue weighted by Gasteiger charge is -2.28. The highest BCUT2D eigenvalue weighted by Crippen LogP contribution is 2.56. The van der Waals surface area contributed by atoms with Gasteiger partial charge in [-0.3, -0.25) is 0 Å². The van der Waals surface area contributed by atoms with Crippen molar-refractivity contribution in [1.29, 1.82) is 0 Å². The summed E-state index contributed by atoms with van der Waals surface area (Å²) < 4.78 is 24.4. The van der Waals surface area contributed by atoms with Crippen molar-refractivity contribution in [3.05, 3.63) is 290 Å². The summed E-state index contributed by atoms with van der Waals surface area (Å²) in [5.41, 5.74) is 27.6. The zero-order valence-electron chi connectivity index (χ0n) is 51.6. The largest absolute Gasteiger partial charge is 0.456 e. The molecule has 0 radical (unpaired) electrons. The van der Waals surface area contributed by atoms with Crippen LogP contribution in [0.5, 0.6) is 0 Å². The van der Waals surface area contributed by atoms with Gasteiger partial charge >= 0.3 is 0 Å². The number of nitrogens with zero attached hydrogens (tertiary/aromatic N) is 2.